The van der Waals surface area contributed by atoms with Gasteiger partial charge in [0.1, 0.15) is 16.3 Å². The topological polar surface area (TPSA) is 163 Å². The van der Waals surface area contributed by atoms with Crippen LogP contribution in [-0.2, 0) is 16.6 Å². The monoisotopic (exact) mass is 644 g/mol. The molecule has 1 aliphatic rings. The van der Waals surface area contributed by atoms with Crippen molar-refractivity contribution in [2.45, 2.75) is 63.4 Å². The van der Waals surface area contributed by atoms with Crippen molar-refractivity contribution < 1.29 is 41.4 Å². The largest absolute Gasteiger partial charge is 0.490 e. The van der Waals surface area contributed by atoms with E-state index in [1.54, 1.807) is 18.3 Å². The molecule has 18 heteroatoms. The highest BCUT2D eigenvalue weighted by Crippen LogP contribution is 2.45. The van der Waals surface area contributed by atoms with Crippen molar-refractivity contribution >= 4 is 28.9 Å². The highest BCUT2D eigenvalue weighted by atomic mass is 32.1. The molecule has 1 saturated carbocycles. The zero-order chi connectivity index (χ0) is 32.3. The maximum absolute atomic E-state index is 13.0. The van der Waals surface area contributed by atoms with Crippen LogP contribution in [0.1, 0.15) is 60.6 Å². The summed E-state index contributed by atoms with van der Waals surface area (Å²) in [5, 5.41) is 36.4. The number of alkyl halides is 6. The number of aliphatic hydroxyl groups is 1. The number of carbonyl (C=O) groups is 1. The van der Waals surface area contributed by atoms with Crippen molar-refractivity contribution in [2.24, 2.45) is 5.92 Å². The Balaban J connectivity index is 0.000000566. The van der Waals surface area contributed by atoms with Crippen LogP contribution >= 0.6 is 11.3 Å². The number of carboxylic acid groups (broad SMARTS) is 1. The molecule has 0 amide bonds. The van der Waals surface area contributed by atoms with Gasteiger partial charge in [-0.05, 0) is 74.8 Å². The molecule has 0 aliphatic heterocycles. The minimum Gasteiger partial charge on any atom is -0.475 e. The molecule has 1 aliphatic carbocycles. The summed E-state index contributed by atoms with van der Waals surface area (Å²) in [7, 11) is 0. The average molecular weight is 645 g/mol. The number of halogens is 6. The van der Waals surface area contributed by atoms with Crippen molar-refractivity contribution in [3.05, 3.63) is 58.7 Å². The van der Waals surface area contributed by atoms with E-state index in [0.717, 1.165) is 54.0 Å². The zero-order valence-electron chi connectivity index (χ0n) is 23.1. The number of carboxylic acids is 1. The Morgan fingerprint density at radius 3 is 2.34 bits per heavy atom. The third kappa shape index (κ3) is 8.04. The normalized spacial score (nSPS) is 18.6. The predicted octanol–water partition coefficient (Wildman–Crippen LogP) is 6.00. The number of nitrogens with one attached hydrogen (secondary N) is 2. The van der Waals surface area contributed by atoms with Crippen LogP contribution in [0.3, 0.4) is 0 Å². The summed E-state index contributed by atoms with van der Waals surface area (Å²) in [5.74, 6) is -1.91. The fraction of sp³-hybridized carbons (Fsp3) is 0.423. The van der Waals surface area contributed by atoms with Crippen molar-refractivity contribution in [1.29, 1.82) is 0 Å². The van der Waals surface area contributed by atoms with E-state index in [2.05, 4.69) is 40.9 Å². The first-order valence-electron chi connectivity index (χ1n) is 13.1. The summed E-state index contributed by atoms with van der Waals surface area (Å²) in [6, 6.07) is 6.39. The van der Waals surface area contributed by atoms with E-state index >= 15 is 0 Å². The minimum absolute atomic E-state index is 0.0439. The van der Waals surface area contributed by atoms with Crippen molar-refractivity contribution in [2.75, 3.05) is 5.32 Å². The van der Waals surface area contributed by atoms with Crippen LogP contribution in [0.15, 0.2) is 36.7 Å². The number of tetrazole rings is 1. The summed E-state index contributed by atoms with van der Waals surface area (Å²) in [4.78, 5) is 21.8. The van der Waals surface area contributed by atoms with Crippen LogP contribution < -0.4 is 5.32 Å². The lowest BCUT2D eigenvalue weighted by Crippen LogP contribution is -2.34. The Bertz CT molecular complexity index is 1570. The molecule has 4 N–H and O–H groups in total. The molecule has 236 valence electrons. The Morgan fingerprint density at radius 2 is 1.75 bits per heavy atom. The number of thiazole rings is 1. The van der Waals surface area contributed by atoms with Crippen molar-refractivity contribution in [3.63, 3.8) is 0 Å². The molecule has 0 bridgehead atoms. The molecular formula is C26H26F6N8O3S. The first-order valence-corrected chi connectivity index (χ1v) is 13.9. The van der Waals surface area contributed by atoms with Gasteiger partial charge >= 0.3 is 18.3 Å². The fourth-order valence-electron chi connectivity index (χ4n) is 4.78. The lowest BCUT2D eigenvalue weighted by atomic mass is 9.74. The quantitative estimate of drug-likeness (QED) is 0.183. The number of anilines is 2. The number of nitrogens with zero attached hydrogens (tertiary/aromatic N) is 6. The van der Waals surface area contributed by atoms with Crippen LogP contribution in [0.2, 0.25) is 0 Å². The van der Waals surface area contributed by atoms with Gasteiger partial charge in [-0.25, -0.2) is 19.7 Å². The SMILES string of the molecule is Cc1cc(Nc2nccc(C(F)(F)F)n2)cc(-c2cnc([C@](C)(O)C3CCC(c4nn[nH]n4)CC3)s2)c1.O=C(O)C(F)(F)F. The third-order valence-corrected chi connectivity index (χ3v) is 8.27. The molecule has 3 heterocycles. The molecule has 0 saturated heterocycles. The Morgan fingerprint density at radius 1 is 1.07 bits per heavy atom. The molecule has 1 atom stereocenters. The number of aliphatic carboxylic acids is 1. The predicted molar refractivity (Wildman–Crippen MR) is 145 cm³/mol. The van der Waals surface area contributed by atoms with E-state index in [4.69, 9.17) is 9.90 Å². The fourth-order valence-corrected chi connectivity index (χ4v) is 5.80. The van der Waals surface area contributed by atoms with Crippen molar-refractivity contribution in [3.8, 4) is 10.4 Å². The lowest BCUT2D eigenvalue weighted by Gasteiger charge is -2.36. The van der Waals surface area contributed by atoms with Crippen LogP contribution in [0, 0.1) is 12.8 Å². The van der Waals surface area contributed by atoms with Crippen LogP contribution in [0.5, 0.6) is 0 Å². The second-order valence-electron chi connectivity index (χ2n) is 10.3. The molecule has 5 rings (SSSR count). The highest BCUT2D eigenvalue weighted by molar-refractivity contribution is 7.15. The van der Waals surface area contributed by atoms with Gasteiger partial charge < -0.3 is 15.5 Å². The molecule has 11 nitrogen and oxygen atoms in total. The van der Waals surface area contributed by atoms with Crippen LogP contribution in [-0.4, -0.2) is 57.9 Å². The summed E-state index contributed by atoms with van der Waals surface area (Å²) in [6.07, 6.45) is -3.49. The Kier molecular flexibility index (Phi) is 9.53. The summed E-state index contributed by atoms with van der Waals surface area (Å²) < 4.78 is 70.8. The first kappa shape index (κ1) is 32.7. The highest BCUT2D eigenvalue weighted by Gasteiger charge is 2.40. The zero-order valence-corrected chi connectivity index (χ0v) is 23.9. The molecule has 0 radical (unpaired) electrons. The van der Waals surface area contributed by atoms with Gasteiger partial charge in [0, 0.05) is 24.0 Å². The van der Waals surface area contributed by atoms with Crippen molar-refractivity contribution in [1.82, 2.24) is 35.6 Å². The number of aromatic amines is 1. The smallest absolute Gasteiger partial charge is 0.475 e. The number of rotatable bonds is 6. The molecule has 44 heavy (non-hydrogen) atoms. The Hall–Kier alpha value is -4.19. The maximum Gasteiger partial charge on any atom is 0.490 e. The van der Waals surface area contributed by atoms with Gasteiger partial charge in [-0.1, -0.05) is 11.3 Å². The van der Waals surface area contributed by atoms with Gasteiger partial charge in [-0.15, -0.1) is 21.5 Å². The molecule has 4 aromatic rings. The van der Waals surface area contributed by atoms with E-state index in [-0.39, 0.29) is 17.8 Å². The van der Waals surface area contributed by atoms with E-state index in [1.165, 1.54) is 11.3 Å². The summed E-state index contributed by atoms with van der Waals surface area (Å²) >= 11 is 1.41. The second-order valence-corrected chi connectivity index (χ2v) is 11.3. The number of hydrogen-bond donors (Lipinski definition) is 4. The summed E-state index contributed by atoms with van der Waals surface area (Å²) in [6.45, 7) is 3.70. The van der Waals surface area contributed by atoms with Gasteiger partial charge in [-0.2, -0.15) is 31.6 Å². The number of hydrogen-bond acceptors (Lipinski definition) is 10. The molecular weight excluding hydrogens is 618 g/mol. The minimum atomic E-state index is -5.08. The van der Waals surface area contributed by atoms with Gasteiger partial charge in [-0.3, -0.25) is 0 Å². The Labute approximate surface area is 249 Å². The lowest BCUT2D eigenvalue weighted by molar-refractivity contribution is -0.192. The van der Waals surface area contributed by atoms with Gasteiger partial charge in [0.25, 0.3) is 0 Å². The summed E-state index contributed by atoms with van der Waals surface area (Å²) in [5.41, 5.74) is 0.166. The molecule has 0 unspecified atom stereocenters. The van der Waals surface area contributed by atoms with E-state index < -0.39 is 29.6 Å². The number of H-pyrrole nitrogens is 1. The molecule has 1 fully saturated rings. The third-order valence-electron chi connectivity index (χ3n) is 6.99. The van der Waals surface area contributed by atoms with Gasteiger partial charge in [0.2, 0.25) is 5.95 Å². The number of benzene rings is 1. The molecule has 3 aromatic heterocycles. The average Bonchev–Trinajstić information content (AvgIpc) is 3.66. The second kappa shape index (κ2) is 12.8. The molecule has 0 spiro atoms. The van der Waals surface area contributed by atoms with Gasteiger partial charge in [0.05, 0.1) is 4.88 Å². The first-order chi connectivity index (χ1) is 20.5. The van der Waals surface area contributed by atoms with E-state index in [1.807, 2.05) is 19.9 Å². The van der Waals surface area contributed by atoms with E-state index in [9.17, 15) is 31.4 Å². The van der Waals surface area contributed by atoms with Crippen LogP contribution in [0.25, 0.3) is 10.4 Å². The molecule has 1 aromatic carbocycles. The number of aryl methyl sites for hydroxylation is 1. The maximum atomic E-state index is 13.0. The number of aromatic nitrogens is 7. The standard InChI is InChI=1S/C24H25F3N8OS.C2HF3O2/c1-13-9-15(11-17(10-13)30-22-28-8-7-19(31-22)24(25,26)27)18-12-29-21(37-18)23(2,36)16-5-3-14(4-6-16)20-32-34-35-33-20;3-2(4,5)1(6)7/h7-12,14,16,36H,3-6H2,1-2H3,(H,28,30,31)(H,32,33,34,35);(H,6,7)/t14?,16?,23-;/m1./s1. The van der Waals surface area contributed by atoms with Crippen LogP contribution in [0.4, 0.5) is 38.0 Å². The van der Waals surface area contributed by atoms with Gasteiger partial charge in [0.15, 0.2) is 5.82 Å². The van der Waals surface area contributed by atoms with E-state index in [0.29, 0.717) is 16.5 Å².